The Morgan fingerprint density at radius 2 is 1.71 bits per heavy atom. The summed E-state index contributed by atoms with van der Waals surface area (Å²) in [5, 5.41) is 17.8. The number of benzene rings is 3. The minimum absolute atomic E-state index is 0.0996. The summed E-state index contributed by atoms with van der Waals surface area (Å²) in [6.07, 6.45) is -3.45. The molecule has 2 N–H and O–H groups in total. The highest BCUT2D eigenvalue weighted by Gasteiger charge is 2.31. The standard InChI is InChI=1S/C25H19F3N4O6/c1-2-21(33)30-19-11-9-15(10-12-19)23(34)31-29-14-17-6-4-8-20(32(36)37)22(17)38-24(35)16-5-3-7-18(13-16)25(26,27)28/h3-14H,2H2,1H3,(H,30,33)(H,31,34)/b29-14+. The van der Waals surface area contributed by atoms with Crippen molar-refractivity contribution in [2.24, 2.45) is 5.10 Å². The van der Waals surface area contributed by atoms with E-state index in [9.17, 15) is 37.7 Å². The maximum Gasteiger partial charge on any atom is 0.416 e. The molecule has 0 aliphatic heterocycles. The second kappa shape index (κ2) is 11.8. The van der Waals surface area contributed by atoms with Gasteiger partial charge in [-0.05, 0) is 48.5 Å². The number of carbonyl (C=O) groups is 3. The molecule has 0 heterocycles. The molecule has 0 aliphatic rings. The second-order valence-corrected chi connectivity index (χ2v) is 7.60. The number of nitro benzene ring substituents is 1. The van der Waals surface area contributed by atoms with Crippen LogP contribution in [0.1, 0.15) is 45.2 Å². The Morgan fingerprint density at radius 3 is 2.34 bits per heavy atom. The number of halogens is 3. The lowest BCUT2D eigenvalue weighted by atomic mass is 10.1. The summed E-state index contributed by atoms with van der Waals surface area (Å²) in [6, 6.07) is 12.9. The molecule has 0 bridgehead atoms. The lowest BCUT2D eigenvalue weighted by Gasteiger charge is -2.10. The zero-order valence-corrected chi connectivity index (χ0v) is 19.6. The van der Waals surface area contributed by atoms with Gasteiger partial charge in [0.25, 0.3) is 5.91 Å². The quantitative estimate of drug-likeness (QED) is 0.139. The van der Waals surface area contributed by atoms with Crippen LogP contribution in [0, 0.1) is 10.1 Å². The number of ether oxygens (including phenoxy) is 1. The molecule has 196 valence electrons. The minimum Gasteiger partial charge on any atom is -0.415 e. The van der Waals surface area contributed by atoms with Gasteiger partial charge in [0.2, 0.25) is 11.7 Å². The molecule has 0 aromatic heterocycles. The molecule has 0 unspecified atom stereocenters. The number of rotatable bonds is 8. The highest BCUT2D eigenvalue weighted by Crippen LogP contribution is 2.32. The molecule has 3 aromatic rings. The molecule has 0 radical (unpaired) electrons. The Hall–Kier alpha value is -5.07. The van der Waals surface area contributed by atoms with Crippen molar-refractivity contribution < 1.29 is 37.2 Å². The largest absolute Gasteiger partial charge is 0.416 e. The van der Waals surface area contributed by atoms with Crippen LogP contribution < -0.4 is 15.5 Å². The molecule has 2 amide bonds. The van der Waals surface area contributed by atoms with Crippen molar-refractivity contribution in [3.8, 4) is 5.75 Å². The first-order valence-electron chi connectivity index (χ1n) is 10.9. The summed E-state index contributed by atoms with van der Waals surface area (Å²) < 4.78 is 44.1. The zero-order valence-electron chi connectivity index (χ0n) is 19.6. The fourth-order valence-corrected chi connectivity index (χ4v) is 3.05. The van der Waals surface area contributed by atoms with Crippen LogP contribution in [0.25, 0.3) is 0 Å². The van der Waals surface area contributed by atoms with Crippen LogP contribution in [-0.4, -0.2) is 28.9 Å². The summed E-state index contributed by atoms with van der Waals surface area (Å²) >= 11 is 0. The van der Waals surface area contributed by atoms with Gasteiger partial charge in [-0.2, -0.15) is 18.3 Å². The molecule has 10 nitrogen and oxygen atoms in total. The van der Waals surface area contributed by atoms with Crippen LogP contribution in [0.5, 0.6) is 5.75 Å². The van der Waals surface area contributed by atoms with E-state index in [0.717, 1.165) is 30.5 Å². The van der Waals surface area contributed by atoms with Crippen LogP contribution in [0.3, 0.4) is 0 Å². The van der Waals surface area contributed by atoms with Crippen molar-refractivity contribution in [1.82, 2.24) is 5.43 Å². The zero-order chi connectivity index (χ0) is 27.9. The second-order valence-electron chi connectivity index (χ2n) is 7.60. The van der Waals surface area contributed by atoms with E-state index >= 15 is 0 Å². The third-order valence-electron chi connectivity index (χ3n) is 4.96. The van der Waals surface area contributed by atoms with Crippen LogP contribution in [0.15, 0.2) is 71.8 Å². The first-order chi connectivity index (χ1) is 18.0. The third kappa shape index (κ3) is 7.00. The number of anilines is 1. The predicted molar refractivity (Wildman–Crippen MR) is 130 cm³/mol. The molecule has 0 spiro atoms. The summed E-state index contributed by atoms with van der Waals surface area (Å²) in [5.41, 5.74) is 0.562. The lowest BCUT2D eigenvalue weighted by Crippen LogP contribution is -2.18. The first-order valence-corrected chi connectivity index (χ1v) is 10.9. The third-order valence-corrected chi connectivity index (χ3v) is 4.96. The van der Waals surface area contributed by atoms with Crippen molar-refractivity contribution >= 4 is 35.4 Å². The molecule has 0 fully saturated rings. The Bertz CT molecular complexity index is 1400. The van der Waals surface area contributed by atoms with Crippen molar-refractivity contribution in [2.45, 2.75) is 19.5 Å². The fraction of sp³-hybridized carbons (Fsp3) is 0.120. The molecular formula is C25H19F3N4O6. The van der Waals surface area contributed by atoms with Gasteiger partial charge in [0.1, 0.15) is 0 Å². The number of alkyl halides is 3. The van der Waals surface area contributed by atoms with Gasteiger partial charge < -0.3 is 10.1 Å². The van der Waals surface area contributed by atoms with Crippen LogP contribution >= 0.6 is 0 Å². The van der Waals surface area contributed by atoms with E-state index in [4.69, 9.17) is 4.74 Å². The summed E-state index contributed by atoms with van der Waals surface area (Å²) in [4.78, 5) is 47.0. The van der Waals surface area contributed by atoms with Gasteiger partial charge in [0.15, 0.2) is 0 Å². The SMILES string of the molecule is CCC(=O)Nc1ccc(C(=O)N/N=C/c2cccc([N+](=O)[O-])c2OC(=O)c2cccc(C(F)(F)F)c2)cc1. The molecule has 3 rings (SSSR count). The normalized spacial score (nSPS) is 11.2. The van der Waals surface area contributed by atoms with E-state index in [1.165, 1.54) is 36.4 Å². The number of carbonyl (C=O) groups excluding carboxylic acids is 3. The number of hydrogen-bond acceptors (Lipinski definition) is 7. The maximum absolute atomic E-state index is 13.0. The molecule has 0 saturated heterocycles. The molecular weight excluding hydrogens is 509 g/mol. The highest BCUT2D eigenvalue weighted by atomic mass is 19.4. The number of hydrogen-bond donors (Lipinski definition) is 2. The molecule has 0 saturated carbocycles. The Labute approximate surface area is 213 Å². The molecule has 38 heavy (non-hydrogen) atoms. The van der Waals surface area contributed by atoms with E-state index in [1.54, 1.807) is 6.92 Å². The summed E-state index contributed by atoms with van der Waals surface area (Å²) in [5.74, 6) is -2.69. The van der Waals surface area contributed by atoms with Crippen LogP contribution in [0.2, 0.25) is 0 Å². The predicted octanol–water partition coefficient (Wildman–Crippen LogP) is 4.95. The number of amides is 2. The van der Waals surface area contributed by atoms with E-state index < -0.39 is 45.5 Å². The van der Waals surface area contributed by atoms with Gasteiger partial charge in [-0.3, -0.25) is 19.7 Å². The topological polar surface area (TPSA) is 140 Å². The number of nitrogens with zero attached hydrogens (tertiary/aromatic N) is 2. The molecule has 13 heteroatoms. The van der Waals surface area contributed by atoms with Gasteiger partial charge in [-0.1, -0.05) is 19.1 Å². The number of esters is 1. The molecule has 0 atom stereocenters. The molecule has 3 aromatic carbocycles. The number of para-hydroxylation sites is 1. The minimum atomic E-state index is -4.71. The van der Waals surface area contributed by atoms with Crippen molar-refractivity contribution in [3.05, 3.63) is 99.1 Å². The van der Waals surface area contributed by atoms with Crippen molar-refractivity contribution in [2.75, 3.05) is 5.32 Å². The maximum atomic E-state index is 13.0. The van der Waals surface area contributed by atoms with Gasteiger partial charge in [0, 0.05) is 29.3 Å². The van der Waals surface area contributed by atoms with Gasteiger partial charge in [-0.15, -0.1) is 0 Å². The summed E-state index contributed by atoms with van der Waals surface area (Å²) in [6.45, 7) is 1.69. The first kappa shape index (κ1) is 27.5. The number of nitro groups is 1. The number of nitrogens with one attached hydrogen (secondary N) is 2. The van der Waals surface area contributed by atoms with Gasteiger partial charge in [-0.25, -0.2) is 10.2 Å². The lowest BCUT2D eigenvalue weighted by molar-refractivity contribution is -0.385. The molecule has 0 aliphatic carbocycles. The average Bonchev–Trinajstić information content (AvgIpc) is 2.89. The van der Waals surface area contributed by atoms with E-state index in [0.29, 0.717) is 11.8 Å². The Balaban J connectivity index is 1.79. The van der Waals surface area contributed by atoms with Crippen LogP contribution in [-0.2, 0) is 11.0 Å². The van der Waals surface area contributed by atoms with Gasteiger partial charge in [0.05, 0.1) is 22.3 Å². The van der Waals surface area contributed by atoms with Gasteiger partial charge >= 0.3 is 17.8 Å². The van der Waals surface area contributed by atoms with E-state index in [2.05, 4.69) is 15.8 Å². The summed E-state index contributed by atoms with van der Waals surface area (Å²) in [7, 11) is 0. The van der Waals surface area contributed by atoms with E-state index in [-0.39, 0.29) is 23.5 Å². The fourth-order valence-electron chi connectivity index (χ4n) is 3.05. The van der Waals surface area contributed by atoms with E-state index in [1.807, 2.05) is 0 Å². The highest BCUT2D eigenvalue weighted by molar-refractivity contribution is 5.97. The Morgan fingerprint density at radius 1 is 1.03 bits per heavy atom. The Kier molecular flexibility index (Phi) is 8.53. The number of hydrazone groups is 1. The van der Waals surface area contributed by atoms with Crippen molar-refractivity contribution in [3.63, 3.8) is 0 Å². The smallest absolute Gasteiger partial charge is 0.415 e. The monoisotopic (exact) mass is 528 g/mol. The van der Waals surface area contributed by atoms with Crippen molar-refractivity contribution in [1.29, 1.82) is 0 Å². The average molecular weight is 528 g/mol. The van der Waals surface area contributed by atoms with Crippen LogP contribution in [0.4, 0.5) is 24.5 Å².